The zero-order valence-electron chi connectivity index (χ0n) is 13.6. The van der Waals surface area contributed by atoms with Crippen molar-refractivity contribution in [2.75, 3.05) is 13.1 Å². The van der Waals surface area contributed by atoms with Gasteiger partial charge in [-0.15, -0.1) is 0 Å². The molecular weight excluding hydrogens is 344 g/mol. The molecule has 1 saturated heterocycles. The number of carbonyl (C=O) groups is 1. The number of carbonyl (C=O) groups excluding carboxylic acids is 1. The Morgan fingerprint density at radius 1 is 1.27 bits per heavy atom. The van der Waals surface area contributed by atoms with E-state index in [1.807, 2.05) is 25.7 Å². The summed E-state index contributed by atoms with van der Waals surface area (Å²) in [6, 6.07) is 8.81. The number of halogens is 1. The number of benzene rings is 1. The second-order valence-corrected chi connectivity index (χ2v) is 7.66. The van der Waals surface area contributed by atoms with Crippen molar-refractivity contribution in [1.82, 2.24) is 10.2 Å². The lowest BCUT2D eigenvalue weighted by atomic mass is 10.0. The molecule has 1 aromatic carbocycles. The summed E-state index contributed by atoms with van der Waals surface area (Å²) >= 11 is 3.44. The Bertz CT molecular complexity index is 488. The molecule has 0 saturated carbocycles. The first-order valence-corrected chi connectivity index (χ1v) is 8.58. The molecule has 1 N–H and O–H groups in total. The molecule has 0 atom stereocenters. The molecular formula is C17H25BrN2O2. The monoisotopic (exact) mass is 368 g/mol. The van der Waals surface area contributed by atoms with Gasteiger partial charge in [-0.3, -0.25) is 0 Å². The Morgan fingerprint density at radius 2 is 1.86 bits per heavy atom. The molecule has 5 heteroatoms. The van der Waals surface area contributed by atoms with Crippen LogP contribution in [0.25, 0.3) is 0 Å². The quantitative estimate of drug-likeness (QED) is 0.878. The van der Waals surface area contributed by atoms with Gasteiger partial charge in [0, 0.05) is 30.1 Å². The molecule has 1 aromatic rings. The SMILES string of the molecule is CC(C)(C)OC(=O)N1CCC(NCc2ccc(Br)cc2)CC1. The second-order valence-electron chi connectivity index (χ2n) is 6.75. The molecule has 122 valence electrons. The van der Waals surface area contributed by atoms with Crippen molar-refractivity contribution in [3.05, 3.63) is 34.3 Å². The predicted octanol–water partition coefficient (Wildman–Crippen LogP) is 3.94. The lowest BCUT2D eigenvalue weighted by Crippen LogP contribution is -2.46. The average molecular weight is 369 g/mol. The fourth-order valence-electron chi connectivity index (χ4n) is 2.46. The van der Waals surface area contributed by atoms with Crippen LogP contribution in [0.5, 0.6) is 0 Å². The van der Waals surface area contributed by atoms with E-state index in [0.717, 1.165) is 36.9 Å². The fraction of sp³-hybridized carbons (Fsp3) is 0.588. The van der Waals surface area contributed by atoms with Crippen LogP contribution in [0.4, 0.5) is 4.79 Å². The standard InChI is InChI=1S/C17H25BrN2O2/c1-17(2,3)22-16(21)20-10-8-15(9-11-20)19-12-13-4-6-14(18)7-5-13/h4-7,15,19H,8-12H2,1-3H3. The zero-order valence-corrected chi connectivity index (χ0v) is 15.1. The van der Waals surface area contributed by atoms with E-state index in [9.17, 15) is 4.79 Å². The Balaban J connectivity index is 1.73. The van der Waals surface area contributed by atoms with E-state index in [0.29, 0.717) is 6.04 Å². The Kier molecular flexibility index (Phi) is 5.87. The summed E-state index contributed by atoms with van der Waals surface area (Å²) in [6.07, 6.45) is 1.74. The van der Waals surface area contributed by atoms with Crippen LogP contribution in [0.15, 0.2) is 28.7 Å². The summed E-state index contributed by atoms with van der Waals surface area (Å²) in [7, 11) is 0. The first-order valence-electron chi connectivity index (χ1n) is 7.79. The van der Waals surface area contributed by atoms with Gasteiger partial charge in [-0.1, -0.05) is 28.1 Å². The number of nitrogens with one attached hydrogen (secondary N) is 1. The molecule has 1 aliphatic heterocycles. The normalized spacial score (nSPS) is 16.6. The summed E-state index contributed by atoms with van der Waals surface area (Å²) in [5, 5.41) is 3.57. The van der Waals surface area contributed by atoms with Gasteiger partial charge in [0.2, 0.25) is 0 Å². The molecule has 0 aromatic heterocycles. The van der Waals surface area contributed by atoms with E-state index < -0.39 is 5.60 Å². The van der Waals surface area contributed by atoms with E-state index in [1.165, 1.54) is 5.56 Å². The Hall–Kier alpha value is -1.07. The molecule has 2 rings (SSSR count). The highest BCUT2D eigenvalue weighted by Crippen LogP contribution is 2.16. The first-order chi connectivity index (χ1) is 10.3. The van der Waals surface area contributed by atoms with Gasteiger partial charge in [-0.2, -0.15) is 0 Å². The highest BCUT2D eigenvalue weighted by atomic mass is 79.9. The molecule has 0 unspecified atom stereocenters. The predicted molar refractivity (Wildman–Crippen MR) is 91.8 cm³/mol. The highest BCUT2D eigenvalue weighted by Gasteiger charge is 2.26. The van der Waals surface area contributed by atoms with Crippen molar-refractivity contribution < 1.29 is 9.53 Å². The molecule has 1 aliphatic rings. The minimum absolute atomic E-state index is 0.196. The smallest absolute Gasteiger partial charge is 0.410 e. The second kappa shape index (κ2) is 7.47. The van der Waals surface area contributed by atoms with Crippen LogP contribution in [-0.2, 0) is 11.3 Å². The maximum Gasteiger partial charge on any atom is 0.410 e. The number of ether oxygens (including phenoxy) is 1. The maximum absolute atomic E-state index is 12.0. The molecule has 0 spiro atoms. The fourth-order valence-corrected chi connectivity index (χ4v) is 2.72. The lowest BCUT2D eigenvalue weighted by molar-refractivity contribution is 0.0198. The molecule has 4 nitrogen and oxygen atoms in total. The van der Waals surface area contributed by atoms with Crippen LogP contribution < -0.4 is 5.32 Å². The van der Waals surface area contributed by atoms with E-state index in [1.54, 1.807) is 0 Å². The van der Waals surface area contributed by atoms with Gasteiger partial charge >= 0.3 is 6.09 Å². The topological polar surface area (TPSA) is 41.6 Å². The number of piperidine rings is 1. The third-order valence-corrected chi connectivity index (χ3v) is 4.18. The van der Waals surface area contributed by atoms with Crippen molar-refractivity contribution in [2.24, 2.45) is 0 Å². The number of hydrogen-bond acceptors (Lipinski definition) is 3. The maximum atomic E-state index is 12.0. The number of hydrogen-bond donors (Lipinski definition) is 1. The van der Waals surface area contributed by atoms with Crippen LogP contribution in [0, 0.1) is 0 Å². The van der Waals surface area contributed by atoms with Crippen molar-refractivity contribution in [1.29, 1.82) is 0 Å². The zero-order chi connectivity index (χ0) is 16.2. The minimum Gasteiger partial charge on any atom is -0.444 e. The largest absolute Gasteiger partial charge is 0.444 e. The van der Waals surface area contributed by atoms with E-state index in [2.05, 4.69) is 45.5 Å². The van der Waals surface area contributed by atoms with Gasteiger partial charge < -0.3 is 15.0 Å². The van der Waals surface area contributed by atoms with Crippen LogP contribution in [0.3, 0.4) is 0 Å². The van der Waals surface area contributed by atoms with Crippen molar-refractivity contribution in [3.63, 3.8) is 0 Å². The van der Waals surface area contributed by atoms with Crippen molar-refractivity contribution in [3.8, 4) is 0 Å². The number of rotatable bonds is 3. The van der Waals surface area contributed by atoms with E-state index in [4.69, 9.17) is 4.74 Å². The number of likely N-dealkylation sites (tertiary alicyclic amines) is 1. The van der Waals surface area contributed by atoms with Crippen LogP contribution >= 0.6 is 15.9 Å². The van der Waals surface area contributed by atoms with Crippen LogP contribution in [0.1, 0.15) is 39.2 Å². The van der Waals surface area contributed by atoms with Gasteiger partial charge in [0.05, 0.1) is 0 Å². The van der Waals surface area contributed by atoms with Gasteiger partial charge in [0.1, 0.15) is 5.60 Å². The van der Waals surface area contributed by atoms with E-state index in [-0.39, 0.29) is 6.09 Å². The highest BCUT2D eigenvalue weighted by molar-refractivity contribution is 9.10. The minimum atomic E-state index is -0.423. The number of amides is 1. The molecule has 22 heavy (non-hydrogen) atoms. The van der Waals surface area contributed by atoms with Gasteiger partial charge in [-0.25, -0.2) is 4.79 Å². The molecule has 0 aliphatic carbocycles. The van der Waals surface area contributed by atoms with Gasteiger partial charge in [-0.05, 0) is 51.3 Å². The first kappa shape index (κ1) is 17.3. The van der Waals surface area contributed by atoms with Crippen molar-refractivity contribution >= 4 is 22.0 Å². The van der Waals surface area contributed by atoms with E-state index >= 15 is 0 Å². The van der Waals surface area contributed by atoms with Gasteiger partial charge in [0.15, 0.2) is 0 Å². The van der Waals surface area contributed by atoms with Crippen molar-refractivity contribution in [2.45, 2.75) is 51.8 Å². The van der Waals surface area contributed by atoms with Gasteiger partial charge in [0.25, 0.3) is 0 Å². The van der Waals surface area contributed by atoms with Crippen LogP contribution in [-0.4, -0.2) is 35.7 Å². The summed E-state index contributed by atoms with van der Waals surface area (Å²) in [5.74, 6) is 0. The molecule has 1 amide bonds. The molecule has 1 heterocycles. The molecule has 1 fully saturated rings. The third-order valence-electron chi connectivity index (χ3n) is 3.65. The third kappa shape index (κ3) is 5.61. The lowest BCUT2D eigenvalue weighted by Gasteiger charge is -2.33. The summed E-state index contributed by atoms with van der Waals surface area (Å²) in [6.45, 7) is 8.08. The average Bonchev–Trinajstić information content (AvgIpc) is 2.45. The Labute approximate surface area is 141 Å². The number of nitrogens with zero attached hydrogens (tertiary/aromatic N) is 1. The summed E-state index contributed by atoms with van der Waals surface area (Å²) < 4.78 is 6.51. The molecule has 0 radical (unpaired) electrons. The molecule has 0 bridgehead atoms. The summed E-state index contributed by atoms with van der Waals surface area (Å²) in [5.41, 5.74) is 0.853. The van der Waals surface area contributed by atoms with Crippen LogP contribution in [0.2, 0.25) is 0 Å². The Morgan fingerprint density at radius 3 is 2.41 bits per heavy atom. The summed E-state index contributed by atoms with van der Waals surface area (Å²) in [4.78, 5) is 13.8.